The Morgan fingerprint density at radius 1 is 1.12 bits per heavy atom. The van der Waals surface area contributed by atoms with Crippen LogP contribution in [0.3, 0.4) is 0 Å². The Balaban J connectivity index is 0.00000225. The van der Waals surface area contributed by atoms with Gasteiger partial charge in [0.25, 0.3) is 0 Å². The number of rotatable bonds is 6. The molecule has 0 aliphatic rings. The molecule has 1 heterocycles. The molecule has 88 valence electrons. The third-order valence-electron chi connectivity index (χ3n) is 2.08. The quantitative estimate of drug-likeness (QED) is 0.415. The average Bonchev–Trinajstić information content (AvgIpc) is 2.18. The van der Waals surface area contributed by atoms with Crippen molar-refractivity contribution in [3.05, 3.63) is 30.6 Å². The Hall–Kier alpha value is -1.23. The van der Waals surface area contributed by atoms with Gasteiger partial charge in [0, 0.05) is 30.7 Å². The summed E-state index contributed by atoms with van der Waals surface area (Å²) in [6.45, 7) is 0.904. The fourth-order valence-electron chi connectivity index (χ4n) is 1.38. The molecule has 0 saturated carbocycles. The maximum absolute atomic E-state index is 7.55. The molecule has 1 aromatic heterocycles. The van der Waals surface area contributed by atoms with E-state index >= 15 is 0 Å². The molecule has 0 aliphatic heterocycles. The molecule has 0 atom stereocenters. The van der Waals surface area contributed by atoms with E-state index < -0.39 is 0 Å². The van der Waals surface area contributed by atoms with E-state index in [0.29, 0.717) is 18.6 Å². The van der Waals surface area contributed by atoms with Crippen molar-refractivity contribution in [3.8, 4) is 0 Å². The highest BCUT2D eigenvalue weighted by molar-refractivity contribution is 8.93. The minimum absolute atomic E-state index is 0. The Bertz CT molecular complexity index is 337. The van der Waals surface area contributed by atoms with Gasteiger partial charge in [-0.3, -0.25) is 5.41 Å². The summed E-state index contributed by atoms with van der Waals surface area (Å²) < 4.78 is 2.08. The summed E-state index contributed by atoms with van der Waals surface area (Å²) >= 11 is 0. The first-order valence-electron chi connectivity index (χ1n) is 5.02. The highest BCUT2D eigenvalue weighted by Crippen LogP contribution is 1.95. The number of nitrogens with zero attached hydrogens (tertiary/aromatic N) is 1. The number of halogens is 1. The maximum Gasteiger partial charge on any atom is 0.168 e. The van der Waals surface area contributed by atoms with Crippen LogP contribution in [-0.4, -0.2) is 11.5 Å². The van der Waals surface area contributed by atoms with E-state index in [1.165, 1.54) is 0 Å². The summed E-state index contributed by atoms with van der Waals surface area (Å²) in [5, 5.41) is 14.6. The van der Waals surface area contributed by atoms with Crippen LogP contribution in [0.4, 0.5) is 0 Å². The van der Waals surface area contributed by atoms with E-state index in [1.54, 1.807) is 0 Å². The molecular formula is C11H18BrN4+. The molecule has 0 bridgehead atoms. The van der Waals surface area contributed by atoms with Crippen LogP contribution in [0.2, 0.25) is 0 Å². The molecule has 4 nitrogen and oxygen atoms in total. The topological polar surface area (TPSA) is 77.6 Å². The van der Waals surface area contributed by atoms with Gasteiger partial charge in [-0.05, 0) is 6.42 Å². The number of aromatic nitrogens is 1. The number of hydrogen-bond acceptors (Lipinski definition) is 2. The molecule has 1 rings (SSSR count). The summed E-state index contributed by atoms with van der Waals surface area (Å²) in [6, 6.07) is 5.95. The van der Waals surface area contributed by atoms with Crippen molar-refractivity contribution in [2.75, 3.05) is 0 Å². The molecule has 0 radical (unpaired) electrons. The van der Waals surface area contributed by atoms with Crippen LogP contribution in [0.15, 0.2) is 30.6 Å². The van der Waals surface area contributed by atoms with Crippen LogP contribution in [-0.2, 0) is 6.54 Å². The minimum atomic E-state index is 0. The van der Waals surface area contributed by atoms with Gasteiger partial charge in [0.2, 0.25) is 0 Å². The number of nitrogens with one attached hydrogen (secondary N) is 2. The van der Waals surface area contributed by atoms with Crippen LogP contribution in [0, 0.1) is 10.8 Å². The lowest BCUT2D eigenvalue weighted by atomic mass is 10.1. The van der Waals surface area contributed by atoms with Crippen LogP contribution < -0.4 is 10.3 Å². The summed E-state index contributed by atoms with van der Waals surface area (Å²) in [5.41, 5.74) is 5.75. The molecule has 0 spiro atoms. The molecule has 0 fully saturated rings. The van der Waals surface area contributed by atoms with Gasteiger partial charge in [0.15, 0.2) is 12.4 Å². The Morgan fingerprint density at radius 3 is 2.31 bits per heavy atom. The maximum atomic E-state index is 7.55. The van der Waals surface area contributed by atoms with Crippen LogP contribution >= 0.6 is 17.0 Å². The molecule has 5 heteroatoms. The van der Waals surface area contributed by atoms with Gasteiger partial charge >= 0.3 is 0 Å². The van der Waals surface area contributed by atoms with Crippen molar-refractivity contribution in [3.63, 3.8) is 0 Å². The lowest BCUT2D eigenvalue weighted by Gasteiger charge is -2.00. The SMILES string of the molecule is Br.N=C(N)CC(=N)CCC[n+]1ccccc1. The second-order valence-corrected chi connectivity index (χ2v) is 3.52. The zero-order valence-electron chi connectivity index (χ0n) is 9.15. The van der Waals surface area contributed by atoms with E-state index in [0.717, 1.165) is 13.0 Å². The second kappa shape index (κ2) is 7.98. The van der Waals surface area contributed by atoms with Crippen molar-refractivity contribution in [2.45, 2.75) is 25.8 Å². The Morgan fingerprint density at radius 2 is 1.75 bits per heavy atom. The summed E-state index contributed by atoms with van der Waals surface area (Å²) in [4.78, 5) is 0. The highest BCUT2D eigenvalue weighted by atomic mass is 79.9. The molecule has 4 N–H and O–H groups in total. The molecule has 0 aromatic carbocycles. The fraction of sp³-hybridized carbons (Fsp3) is 0.364. The van der Waals surface area contributed by atoms with Crippen molar-refractivity contribution >= 4 is 28.5 Å². The zero-order valence-corrected chi connectivity index (χ0v) is 10.9. The molecule has 1 aromatic rings. The predicted octanol–water partition coefficient (Wildman–Crippen LogP) is 1.68. The van der Waals surface area contributed by atoms with Crippen LogP contribution in [0.25, 0.3) is 0 Å². The lowest BCUT2D eigenvalue weighted by molar-refractivity contribution is -0.697. The number of nitrogens with two attached hydrogens (primary N) is 1. The second-order valence-electron chi connectivity index (χ2n) is 3.52. The van der Waals surface area contributed by atoms with Gasteiger partial charge in [-0.25, -0.2) is 4.57 Å². The lowest BCUT2D eigenvalue weighted by Crippen LogP contribution is -2.32. The van der Waals surface area contributed by atoms with E-state index in [9.17, 15) is 0 Å². The van der Waals surface area contributed by atoms with Crippen molar-refractivity contribution in [2.24, 2.45) is 5.73 Å². The minimum Gasteiger partial charge on any atom is -0.387 e. The van der Waals surface area contributed by atoms with Gasteiger partial charge in [0.1, 0.15) is 6.54 Å². The van der Waals surface area contributed by atoms with E-state index in [1.807, 2.05) is 30.6 Å². The smallest absolute Gasteiger partial charge is 0.168 e. The standard InChI is InChI=1S/C11H17N4.BrH/c12-10(9-11(13)14)5-4-8-15-6-2-1-3-7-15;/h1-3,6-7,12H,4-5,8-9H2,(H3,13,14);1H/q+1;. The van der Waals surface area contributed by atoms with E-state index in [-0.39, 0.29) is 22.8 Å². The largest absolute Gasteiger partial charge is 0.387 e. The van der Waals surface area contributed by atoms with E-state index in [4.69, 9.17) is 16.6 Å². The number of aryl methyl sites for hydroxylation is 1. The first kappa shape index (κ1) is 14.8. The van der Waals surface area contributed by atoms with Gasteiger partial charge in [-0.15, -0.1) is 17.0 Å². The van der Waals surface area contributed by atoms with Gasteiger partial charge in [-0.2, -0.15) is 0 Å². The van der Waals surface area contributed by atoms with Gasteiger partial charge in [0.05, 0.1) is 5.84 Å². The molecule has 0 unspecified atom stereocenters. The third-order valence-corrected chi connectivity index (χ3v) is 2.08. The Kier molecular flexibility index (Phi) is 7.37. The normalized spacial score (nSPS) is 9.25. The molecule has 0 aliphatic carbocycles. The molecule has 0 saturated heterocycles. The summed E-state index contributed by atoms with van der Waals surface area (Å²) in [5.74, 6) is 0.0763. The summed E-state index contributed by atoms with van der Waals surface area (Å²) in [7, 11) is 0. The van der Waals surface area contributed by atoms with Gasteiger partial charge < -0.3 is 11.1 Å². The monoisotopic (exact) mass is 285 g/mol. The number of amidine groups is 1. The summed E-state index contributed by atoms with van der Waals surface area (Å²) in [6.07, 6.45) is 5.95. The fourth-order valence-corrected chi connectivity index (χ4v) is 1.38. The highest BCUT2D eigenvalue weighted by Gasteiger charge is 2.02. The first-order valence-corrected chi connectivity index (χ1v) is 5.02. The van der Waals surface area contributed by atoms with E-state index in [2.05, 4.69) is 4.57 Å². The third kappa shape index (κ3) is 6.29. The van der Waals surface area contributed by atoms with Crippen molar-refractivity contribution in [1.82, 2.24) is 0 Å². The average molecular weight is 286 g/mol. The van der Waals surface area contributed by atoms with Gasteiger partial charge in [-0.1, -0.05) is 6.07 Å². The first-order chi connectivity index (χ1) is 7.18. The molecule has 16 heavy (non-hydrogen) atoms. The van der Waals surface area contributed by atoms with Crippen molar-refractivity contribution in [1.29, 1.82) is 10.8 Å². The predicted molar refractivity (Wildman–Crippen MR) is 70.5 cm³/mol. The molecular weight excluding hydrogens is 268 g/mol. The Labute approximate surface area is 106 Å². The van der Waals surface area contributed by atoms with Crippen molar-refractivity contribution < 1.29 is 4.57 Å². The number of pyridine rings is 1. The number of hydrogen-bond donors (Lipinski definition) is 3. The van der Waals surface area contributed by atoms with Crippen LogP contribution in [0.5, 0.6) is 0 Å². The molecule has 0 amide bonds. The van der Waals surface area contributed by atoms with Crippen LogP contribution in [0.1, 0.15) is 19.3 Å². The zero-order chi connectivity index (χ0) is 11.1.